The number of carbonyl (C=O) groups excluding carboxylic acids is 2. The standard InChI is InChI=1S/C24H28O3/c1-6-19-12-14-20(15-13-19)16-17-24(5,18(2)25)22(26)27-23(3,4)21-10-8-7-9-11-21/h6-15H,1,16-17H2,2-5H3. The van der Waals surface area contributed by atoms with E-state index in [0.717, 1.165) is 16.7 Å². The predicted octanol–water partition coefficient (Wildman–Crippen LogP) is 5.34. The first kappa shape index (κ1) is 20.6. The number of benzene rings is 2. The van der Waals surface area contributed by atoms with Gasteiger partial charge in [0.15, 0.2) is 0 Å². The van der Waals surface area contributed by atoms with Crippen molar-refractivity contribution < 1.29 is 14.3 Å². The Morgan fingerprint density at radius 1 is 1.00 bits per heavy atom. The van der Waals surface area contributed by atoms with Crippen molar-refractivity contribution >= 4 is 17.8 Å². The maximum Gasteiger partial charge on any atom is 0.320 e. The fraction of sp³-hybridized carbons (Fsp3) is 0.333. The molecule has 3 heteroatoms. The Balaban J connectivity index is 2.14. The molecule has 0 aromatic heterocycles. The Bertz CT molecular complexity index is 803. The highest BCUT2D eigenvalue weighted by molar-refractivity contribution is 6.02. The molecule has 0 fully saturated rings. The summed E-state index contributed by atoms with van der Waals surface area (Å²) in [4.78, 5) is 25.3. The van der Waals surface area contributed by atoms with Crippen LogP contribution in [0.5, 0.6) is 0 Å². The van der Waals surface area contributed by atoms with Gasteiger partial charge in [-0.15, -0.1) is 0 Å². The fourth-order valence-electron chi connectivity index (χ4n) is 2.88. The van der Waals surface area contributed by atoms with Crippen molar-refractivity contribution in [2.24, 2.45) is 5.41 Å². The van der Waals surface area contributed by atoms with E-state index in [1.54, 1.807) is 13.0 Å². The molecule has 1 unspecified atom stereocenters. The monoisotopic (exact) mass is 364 g/mol. The molecular weight excluding hydrogens is 336 g/mol. The Kier molecular flexibility index (Phi) is 6.37. The second-order valence-corrected chi connectivity index (χ2v) is 7.60. The van der Waals surface area contributed by atoms with Gasteiger partial charge in [0.25, 0.3) is 0 Å². The first-order valence-electron chi connectivity index (χ1n) is 9.20. The van der Waals surface area contributed by atoms with Crippen molar-refractivity contribution in [1.82, 2.24) is 0 Å². The predicted molar refractivity (Wildman–Crippen MR) is 109 cm³/mol. The number of esters is 1. The summed E-state index contributed by atoms with van der Waals surface area (Å²) in [6.45, 7) is 10.6. The molecule has 2 aromatic carbocycles. The van der Waals surface area contributed by atoms with Crippen LogP contribution in [0.2, 0.25) is 0 Å². The lowest BCUT2D eigenvalue weighted by Crippen LogP contribution is -2.41. The second-order valence-electron chi connectivity index (χ2n) is 7.60. The number of Topliss-reactive ketones (excluding diaryl/α,β-unsaturated/α-hetero) is 1. The molecule has 0 aliphatic carbocycles. The van der Waals surface area contributed by atoms with Gasteiger partial charge in [-0.2, -0.15) is 0 Å². The van der Waals surface area contributed by atoms with E-state index < -0.39 is 17.0 Å². The molecule has 0 N–H and O–H groups in total. The minimum atomic E-state index is -1.18. The van der Waals surface area contributed by atoms with Gasteiger partial charge in [0.1, 0.15) is 16.8 Å². The maximum absolute atomic E-state index is 13.0. The normalized spacial score (nSPS) is 13.5. The van der Waals surface area contributed by atoms with Gasteiger partial charge < -0.3 is 4.74 Å². The summed E-state index contributed by atoms with van der Waals surface area (Å²) < 4.78 is 5.80. The highest BCUT2D eigenvalue weighted by Gasteiger charge is 2.42. The van der Waals surface area contributed by atoms with Gasteiger partial charge in [-0.05, 0) is 57.2 Å². The highest BCUT2D eigenvalue weighted by atomic mass is 16.6. The van der Waals surface area contributed by atoms with Crippen molar-refractivity contribution in [3.63, 3.8) is 0 Å². The van der Waals surface area contributed by atoms with Gasteiger partial charge in [-0.1, -0.05) is 67.3 Å². The largest absolute Gasteiger partial charge is 0.454 e. The fourth-order valence-corrected chi connectivity index (χ4v) is 2.88. The topological polar surface area (TPSA) is 43.4 Å². The first-order valence-corrected chi connectivity index (χ1v) is 9.20. The van der Waals surface area contributed by atoms with E-state index in [0.29, 0.717) is 12.8 Å². The molecular formula is C24H28O3. The van der Waals surface area contributed by atoms with Gasteiger partial charge in [0.05, 0.1) is 0 Å². The van der Waals surface area contributed by atoms with Gasteiger partial charge in [0.2, 0.25) is 0 Å². The van der Waals surface area contributed by atoms with Crippen LogP contribution in [0.4, 0.5) is 0 Å². The van der Waals surface area contributed by atoms with Crippen LogP contribution in [-0.4, -0.2) is 11.8 Å². The van der Waals surface area contributed by atoms with Crippen LogP contribution in [0.3, 0.4) is 0 Å². The molecule has 0 bridgehead atoms. The lowest BCUT2D eigenvalue weighted by atomic mass is 9.80. The van der Waals surface area contributed by atoms with Gasteiger partial charge >= 0.3 is 5.97 Å². The summed E-state index contributed by atoms with van der Waals surface area (Å²) in [7, 11) is 0. The Morgan fingerprint density at radius 2 is 1.59 bits per heavy atom. The molecule has 3 nitrogen and oxygen atoms in total. The van der Waals surface area contributed by atoms with Crippen molar-refractivity contribution in [3.8, 4) is 0 Å². The Morgan fingerprint density at radius 3 is 2.11 bits per heavy atom. The molecule has 0 heterocycles. The van der Waals surface area contributed by atoms with Crippen LogP contribution < -0.4 is 0 Å². The molecule has 0 amide bonds. The maximum atomic E-state index is 13.0. The molecule has 142 valence electrons. The van der Waals surface area contributed by atoms with Crippen molar-refractivity contribution in [3.05, 3.63) is 77.9 Å². The van der Waals surface area contributed by atoms with Gasteiger partial charge in [-0.25, -0.2) is 0 Å². The lowest BCUT2D eigenvalue weighted by molar-refractivity contribution is -0.171. The number of carbonyl (C=O) groups is 2. The Hall–Kier alpha value is -2.68. The number of hydrogen-bond acceptors (Lipinski definition) is 3. The third-order valence-corrected chi connectivity index (χ3v) is 5.17. The number of rotatable bonds is 8. The smallest absolute Gasteiger partial charge is 0.320 e. The molecule has 0 saturated carbocycles. The van der Waals surface area contributed by atoms with E-state index in [2.05, 4.69) is 6.58 Å². The van der Waals surface area contributed by atoms with Crippen molar-refractivity contribution in [2.45, 2.75) is 46.1 Å². The van der Waals surface area contributed by atoms with Crippen LogP contribution in [0, 0.1) is 5.41 Å². The van der Waals surface area contributed by atoms with Crippen LogP contribution in [0.15, 0.2) is 61.2 Å². The number of ether oxygens (including phenoxy) is 1. The van der Waals surface area contributed by atoms with Crippen LogP contribution >= 0.6 is 0 Å². The number of hydrogen-bond donors (Lipinski definition) is 0. The molecule has 0 aliphatic heterocycles. The van der Waals surface area contributed by atoms with Gasteiger partial charge in [-0.3, -0.25) is 9.59 Å². The van der Waals surface area contributed by atoms with E-state index in [4.69, 9.17) is 4.74 Å². The van der Waals surface area contributed by atoms with Crippen molar-refractivity contribution in [1.29, 1.82) is 0 Å². The molecule has 2 rings (SSSR count). The minimum absolute atomic E-state index is 0.181. The average molecular weight is 364 g/mol. The summed E-state index contributed by atoms with van der Waals surface area (Å²) in [5, 5.41) is 0. The quantitative estimate of drug-likeness (QED) is 0.469. The highest BCUT2D eigenvalue weighted by Crippen LogP contribution is 2.32. The number of ketones is 1. The average Bonchev–Trinajstić information content (AvgIpc) is 2.66. The summed E-state index contributed by atoms with van der Waals surface area (Å²) in [5.41, 5.74) is 1.02. The van der Waals surface area contributed by atoms with E-state index in [-0.39, 0.29) is 5.78 Å². The summed E-state index contributed by atoms with van der Waals surface area (Å²) in [6.07, 6.45) is 2.81. The third kappa shape index (κ3) is 4.94. The molecule has 1 atom stereocenters. The first-order chi connectivity index (χ1) is 12.7. The molecule has 0 saturated heterocycles. The lowest BCUT2D eigenvalue weighted by Gasteiger charge is -2.32. The second kappa shape index (κ2) is 8.34. The molecule has 0 aliphatic rings. The van der Waals surface area contributed by atoms with E-state index in [1.807, 2.05) is 68.4 Å². The van der Waals surface area contributed by atoms with Crippen LogP contribution in [0.1, 0.15) is 50.8 Å². The summed E-state index contributed by atoms with van der Waals surface area (Å²) in [5.74, 6) is -0.661. The van der Waals surface area contributed by atoms with E-state index in [9.17, 15) is 9.59 Å². The molecule has 27 heavy (non-hydrogen) atoms. The SMILES string of the molecule is C=Cc1ccc(CCC(C)(C(C)=O)C(=O)OC(C)(C)c2ccccc2)cc1. The Labute approximate surface area is 162 Å². The van der Waals surface area contributed by atoms with E-state index >= 15 is 0 Å². The van der Waals surface area contributed by atoms with Crippen LogP contribution in [0.25, 0.3) is 6.08 Å². The molecule has 0 spiro atoms. The molecule has 0 radical (unpaired) electrons. The van der Waals surface area contributed by atoms with Crippen LogP contribution in [-0.2, 0) is 26.3 Å². The molecule has 2 aromatic rings. The zero-order chi connectivity index (χ0) is 20.1. The summed E-state index contributed by atoms with van der Waals surface area (Å²) in [6, 6.07) is 17.5. The summed E-state index contributed by atoms with van der Waals surface area (Å²) >= 11 is 0. The minimum Gasteiger partial charge on any atom is -0.454 e. The van der Waals surface area contributed by atoms with Gasteiger partial charge in [0, 0.05) is 0 Å². The zero-order valence-corrected chi connectivity index (χ0v) is 16.6. The van der Waals surface area contributed by atoms with Crippen molar-refractivity contribution in [2.75, 3.05) is 0 Å². The third-order valence-electron chi connectivity index (χ3n) is 5.17. The van der Waals surface area contributed by atoms with E-state index in [1.165, 1.54) is 6.92 Å². The number of aryl methyl sites for hydroxylation is 1. The zero-order valence-electron chi connectivity index (χ0n) is 16.6.